The molecule has 0 spiro atoms. The molecular weight excluding hydrogens is 485 g/mol. The number of hydrogen-bond donors (Lipinski definition) is 1. The van der Waals surface area contributed by atoms with Crippen molar-refractivity contribution < 1.29 is 9.47 Å². The van der Waals surface area contributed by atoms with Crippen LogP contribution in [0.2, 0.25) is 10.0 Å². The molecule has 0 bridgehead atoms. The summed E-state index contributed by atoms with van der Waals surface area (Å²) >= 11 is 16.2. The summed E-state index contributed by atoms with van der Waals surface area (Å²) in [5.74, 6) is 1.33. The lowest BCUT2D eigenvalue weighted by atomic mass is 10.1. The third-order valence-corrected chi connectivity index (χ3v) is 6.06. The summed E-state index contributed by atoms with van der Waals surface area (Å²) < 4.78 is 12.8. The van der Waals surface area contributed by atoms with Gasteiger partial charge in [0.05, 0.1) is 6.61 Å². The summed E-state index contributed by atoms with van der Waals surface area (Å²) in [7, 11) is 0. The second kappa shape index (κ2) is 11.1. The fraction of sp³-hybridized carbons (Fsp3) is 0.250. The number of hydrogen-bond acceptors (Lipinski definition) is 3. The first-order chi connectivity index (χ1) is 14.5. The van der Waals surface area contributed by atoms with E-state index in [2.05, 4.69) is 52.4 Å². The molecule has 3 aromatic rings. The van der Waals surface area contributed by atoms with E-state index in [-0.39, 0.29) is 6.61 Å². The lowest BCUT2D eigenvalue weighted by Crippen LogP contribution is -2.13. The zero-order valence-electron chi connectivity index (χ0n) is 17.0. The van der Waals surface area contributed by atoms with E-state index in [0.29, 0.717) is 34.7 Å². The summed E-state index contributed by atoms with van der Waals surface area (Å²) in [5.41, 5.74) is 4.35. The standard InChI is InChI=1S/C24H24BrCl2NO2/c1-3-29-23-11-18(14-28-13-17-9-7-16(2)8-10-17)20(25)12-24(23)30-15-19-21(26)5-4-6-22(19)27/h4-12,28H,3,13-15H2,1-2H3. The fourth-order valence-electron chi connectivity index (χ4n) is 2.96. The zero-order valence-corrected chi connectivity index (χ0v) is 20.1. The molecule has 3 nitrogen and oxygen atoms in total. The highest BCUT2D eigenvalue weighted by molar-refractivity contribution is 9.10. The summed E-state index contributed by atoms with van der Waals surface area (Å²) in [4.78, 5) is 0. The third-order valence-electron chi connectivity index (χ3n) is 4.61. The van der Waals surface area contributed by atoms with Crippen molar-refractivity contribution in [3.63, 3.8) is 0 Å². The second-order valence-corrected chi connectivity index (χ2v) is 8.57. The normalized spacial score (nSPS) is 10.8. The highest BCUT2D eigenvalue weighted by Crippen LogP contribution is 2.35. The second-order valence-electron chi connectivity index (χ2n) is 6.90. The molecule has 0 saturated carbocycles. The maximum Gasteiger partial charge on any atom is 0.162 e. The monoisotopic (exact) mass is 507 g/mol. The molecule has 0 saturated heterocycles. The minimum Gasteiger partial charge on any atom is -0.490 e. The van der Waals surface area contributed by atoms with Gasteiger partial charge in [0.1, 0.15) is 6.61 Å². The predicted molar refractivity (Wildman–Crippen MR) is 128 cm³/mol. The van der Waals surface area contributed by atoms with Crippen molar-refractivity contribution in [1.29, 1.82) is 0 Å². The van der Waals surface area contributed by atoms with Crippen molar-refractivity contribution in [1.82, 2.24) is 5.32 Å². The van der Waals surface area contributed by atoms with Crippen molar-refractivity contribution in [2.45, 2.75) is 33.5 Å². The van der Waals surface area contributed by atoms with E-state index in [1.807, 2.05) is 25.1 Å². The molecule has 0 aliphatic heterocycles. The molecule has 158 valence electrons. The van der Waals surface area contributed by atoms with Gasteiger partial charge in [-0.2, -0.15) is 0 Å². The molecule has 0 radical (unpaired) electrons. The Balaban J connectivity index is 1.70. The summed E-state index contributed by atoms with van der Waals surface area (Å²) in [5, 5.41) is 4.64. The molecule has 30 heavy (non-hydrogen) atoms. The maximum atomic E-state index is 6.26. The average molecular weight is 509 g/mol. The van der Waals surface area contributed by atoms with Crippen molar-refractivity contribution in [3.8, 4) is 11.5 Å². The Hall–Kier alpha value is -1.72. The molecule has 0 aromatic heterocycles. The minimum atomic E-state index is 0.260. The Morgan fingerprint density at radius 1 is 0.900 bits per heavy atom. The van der Waals surface area contributed by atoms with E-state index in [1.165, 1.54) is 11.1 Å². The minimum absolute atomic E-state index is 0.260. The molecule has 3 rings (SSSR count). The number of aryl methyl sites for hydroxylation is 1. The molecule has 0 unspecified atom stereocenters. The van der Waals surface area contributed by atoms with Crippen LogP contribution in [-0.4, -0.2) is 6.61 Å². The molecule has 0 amide bonds. The quantitative estimate of drug-likeness (QED) is 0.328. The van der Waals surface area contributed by atoms with Crippen LogP contribution in [0.4, 0.5) is 0 Å². The van der Waals surface area contributed by atoms with Gasteiger partial charge in [-0.15, -0.1) is 0 Å². The Kier molecular flexibility index (Phi) is 8.46. The van der Waals surface area contributed by atoms with Crippen LogP contribution < -0.4 is 14.8 Å². The van der Waals surface area contributed by atoms with Gasteiger partial charge in [-0.1, -0.05) is 75.0 Å². The van der Waals surface area contributed by atoms with Gasteiger partial charge in [0, 0.05) is 33.2 Å². The van der Waals surface area contributed by atoms with Gasteiger partial charge < -0.3 is 14.8 Å². The van der Waals surface area contributed by atoms with Gasteiger partial charge >= 0.3 is 0 Å². The van der Waals surface area contributed by atoms with E-state index in [4.69, 9.17) is 32.7 Å². The summed E-state index contributed by atoms with van der Waals surface area (Å²) in [6.45, 7) is 6.33. The first-order valence-electron chi connectivity index (χ1n) is 9.75. The van der Waals surface area contributed by atoms with E-state index < -0.39 is 0 Å². The Morgan fingerprint density at radius 2 is 1.57 bits per heavy atom. The molecule has 0 fully saturated rings. The van der Waals surface area contributed by atoms with Crippen LogP contribution in [-0.2, 0) is 19.7 Å². The average Bonchev–Trinajstić information content (AvgIpc) is 2.72. The van der Waals surface area contributed by atoms with Crippen LogP contribution in [0.15, 0.2) is 59.1 Å². The van der Waals surface area contributed by atoms with Crippen LogP contribution in [0.1, 0.15) is 29.2 Å². The lowest BCUT2D eigenvalue weighted by molar-refractivity contribution is 0.269. The highest BCUT2D eigenvalue weighted by Gasteiger charge is 2.13. The van der Waals surface area contributed by atoms with E-state index in [9.17, 15) is 0 Å². The van der Waals surface area contributed by atoms with Crippen LogP contribution in [0.5, 0.6) is 11.5 Å². The third kappa shape index (κ3) is 6.14. The number of rotatable bonds is 9. The molecule has 3 aromatic carbocycles. The number of benzene rings is 3. The molecule has 1 N–H and O–H groups in total. The lowest BCUT2D eigenvalue weighted by Gasteiger charge is -2.16. The van der Waals surface area contributed by atoms with Crippen LogP contribution in [0.3, 0.4) is 0 Å². The van der Waals surface area contributed by atoms with Crippen LogP contribution >= 0.6 is 39.1 Å². The van der Waals surface area contributed by atoms with Crippen molar-refractivity contribution in [2.24, 2.45) is 0 Å². The van der Waals surface area contributed by atoms with Crippen molar-refractivity contribution in [2.75, 3.05) is 6.61 Å². The molecule has 0 aliphatic rings. The number of halogens is 3. The molecular formula is C24H24BrCl2NO2. The smallest absolute Gasteiger partial charge is 0.162 e. The van der Waals surface area contributed by atoms with E-state index in [0.717, 1.165) is 22.1 Å². The molecule has 6 heteroatoms. The Bertz CT molecular complexity index is 973. The Morgan fingerprint density at radius 3 is 2.23 bits per heavy atom. The zero-order chi connectivity index (χ0) is 21.5. The van der Waals surface area contributed by atoms with Gasteiger partial charge in [-0.25, -0.2) is 0 Å². The molecule has 0 atom stereocenters. The van der Waals surface area contributed by atoms with Gasteiger partial charge in [0.15, 0.2) is 11.5 Å². The van der Waals surface area contributed by atoms with Gasteiger partial charge in [0.25, 0.3) is 0 Å². The van der Waals surface area contributed by atoms with Gasteiger partial charge in [0.2, 0.25) is 0 Å². The summed E-state index contributed by atoms with van der Waals surface area (Å²) in [6, 6.07) is 17.9. The highest BCUT2D eigenvalue weighted by atomic mass is 79.9. The van der Waals surface area contributed by atoms with E-state index in [1.54, 1.807) is 12.1 Å². The maximum absolute atomic E-state index is 6.26. The predicted octanol–water partition coefficient (Wildman–Crippen LogP) is 7.33. The van der Waals surface area contributed by atoms with Crippen LogP contribution in [0.25, 0.3) is 0 Å². The molecule has 0 heterocycles. The van der Waals surface area contributed by atoms with E-state index >= 15 is 0 Å². The van der Waals surface area contributed by atoms with Gasteiger partial charge in [-0.3, -0.25) is 0 Å². The number of ether oxygens (including phenoxy) is 2. The largest absolute Gasteiger partial charge is 0.490 e. The summed E-state index contributed by atoms with van der Waals surface area (Å²) in [6.07, 6.45) is 0. The van der Waals surface area contributed by atoms with Crippen molar-refractivity contribution >= 4 is 39.1 Å². The molecule has 0 aliphatic carbocycles. The first kappa shape index (κ1) is 23.0. The first-order valence-corrected chi connectivity index (χ1v) is 11.3. The SMILES string of the molecule is CCOc1cc(CNCc2ccc(C)cc2)c(Br)cc1OCc1c(Cl)cccc1Cl. The van der Waals surface area contributed by atoms with Gasteiger partial charge in [-0.05, 0) is 49.2 Å². The topological polar surface area (TPSA) is 30.5 Å². The number of nitrogens with one attached hydrogen (secondary N) is 1. The van der Waals surface area contributed by atoms with Crippen molar-refractivity contribution in [3.05, 3.63) is 91.4 Å². The fourth-order valence-corrected chi connectivity index (χ4v) is 3.93. The van der Waals surface area contributed by atoms with Crippen LogP contribution in [0, 0.1) is 6.92 Å². The Labute approximate surface area is 196 Å².